The molecule has 0 amide bonds. The van der Waals surface area contributed by atoms with Crippen molar-refractivity contribution < 1.29 is 18.7 Å². The quantitative estimate of drug-likeness (QED) is 0.719. The van der Waals surface area contributed by atoms with Gasteiger partial charge in [0.05, 0.1) is 18.8 Å². The number of hydrogen-bond donors (Lipinski definition) is 0. The zero-order valence-corrected chi connectivity index (χ0v) is 8.91. The van der Waals surface area contributed by atoms with Crippen molar-refractivity contribution in [1.82, 2.24) is 0 Å². The van der Waals surface area contributed by atoms with Crippen LogP contribution in [0.2, 0.25) is 0 Å². The number of carbonyl (C=O) groups excluding carboxylic acids is 1. The number of ether oxygens (including phenoxy) is 2. The first-order valence-corrected chi connectivity index (χ1v) is 4.57. The molecule has 0 bridgehead atoms. The van der Waals surface area contributed by atoms with Gasteiger partial charge in [0.2, 0.25) is 0 Å². The average molecular weight is 212 g/mol. The molecule has 0 fully saturated rings. The molecule has 15 heavy (non-hydrogen) atoms. The van der Waals surface area contributed by atoms with Crippen LogP contribution in [0.25, 0.3) is 0 Å². The Bertz CT molecular complexity index is 361. The van der Waals surface area contributed by atoms with Crippen LogP contribution >= 0.6 is 0 Å². The second-order valence-corrected chi connectivity index (χ2v) is 3.31. The minimum atomic E-state index is -0.610. The van der Waals surface area contributed by atoms with Gasteiger partial charge in [-0.15, -0.1) is 0 Å². The number of benzene rings is 1. The molecule has 4 heteroatoms. The molecule has 0 radical (unpaired) electrons. The Balaban J connectivity index is 3.15. The lowest BCUT2D eigenvalue weighted by atomic mass is 10.2. The van der Waals surface area contributed by atoms with E-state index in [9.17, 15) is 9.18 Å². The highest BCUT2D eigenvalue weighted by molar-refractivity contribution is 5.77. The molecule has 0 atom stereocenters. The first-order chi connectivity index (χ1) is 7.08. The van der Waals surface area contributed by atoms with Gasteiger partial charge in [0, 0.05) is 6.07 Å². The van der Waals surface area contributed by atoms with Gasteiger partial charge in [-0.3, -0.25) is 4.79 Å². The summed E-state index contributed by atoms with van der Waals surface area (Å²) < 4.78 is 23.6. The van der Waals surface area contributed by atoms with E-state index in [1.165, 1.54) is 13.2 Å². The molecule has 0 aromatic heterocycles. The number of rotatable bonds is 4. The van der Waals surface area contributed by atoms with Crippen molar-refractivity contribution in [3.63, 3.8) is 0 Å². The summed E-state index contributed by atoms with van der Waals surface area (Å²) in [6.07, 6.45) is 0.358. The van der Waals surface area contributed by atoms with Gasteiger partial charge in [0.15, 0.2) is 17.8 Å². The molecular formula is C11H13FO3. The smallest absolute Gasteiger partial charge is 0.164 e. The summed E-state index contributed by atoms with van der Waals surface area (Å²) >= 11 is 0. The molecule has 0 aliphatic heterocycles. The third-order valence-corrected chi connectivity index (χ3v) is 1.77. The van der Waals surface area contributed by atoms with Crippen molar-refractivity contribution in [3.05, 3.63) is 23.5 Å². The minimum absolute atomic E-state index is 0.0389. The summed E-state index contributed by atoms with van der Waals surface area (Å²) in [7, 11) is 1.44. The Morgan fingerprint density at radius 1 is 1.33 bits per heavy atom. The van der Waals surface area contributed by atoms with E-state index < -0.39 is 5.82 Å². The van der Waals surface area contributed by atoms with Crippen LogP contribution in [-0.4, -0.2) is 19.5 Å². The average Bonchev–Trinajstić information content (AvgIpc) is 2.17. The zero-order chi connectivity index (χ0) is 11.4. The first kappa shape index (κ1) is 11.5. The maximum Gasteiger partial charge on any atom is 0.164 e. The van der Waals surface area contributed by atoms with E-state index in [2.05, 4.69) is 0 Å². The van der Waals surface area contributed by atoms with Crippen LogP contribution in [-0.2, 0) is 0 Å². The van der Waals surface area contributed by atoms with Crippen molar-refractivity contribution in [2.75, 3.05) is 7.11 Å². The van der Waals surface area contributed by atoms with E-state index in [0.717, 1.165) is 6.07 Å². The van der Waals surface area contributed by atoms with E-state index in [1.54, 1.807) is 0 Å². The lowest BCUT2D eigenvalue weighted by Gasteiger charge is -2.13. The molecule has 0 unspecified atom stereocenters. The molecule has 1 rings (SSSR count). The molecule has 0 saturated carbocycles. The molecule has 82 valence electrons. The van der Waals surface area contributed by atoms with Crippen LogP contribution in [0.4, 0.5) is 4.39 Å². The Labute approximate surface area is 87.8 Å². The topological polar surface area (TPSA) is 35.5 Å². The minimum Gasteiger partial charge on any atom is -0.493 e. The van der Waals surface area contributed by atoms with Crippen molar-refractivity contribution in [2.24, 2.45) is 0 Å². The second-order valence-electron chi connectivity index (χ2n) is 3.31. The second kappa shape index (κ2) is 4.77. The fraction of sp³-hybridized carbons (Fsp3) is 0.364. The lowest BCUT2D eigenvalue weighted by Crippen LogP contribution is -2.07. The van der Waals surface area contributed by atoms with Crippen LogP contribution < -0.4 is 9.47 Å². The molecule has 0 spiro atoms. The van der Waals surface area contributed by atoms with Crippen LogP contribution in [0.5, 0.6) is 11.5 Å². The van der Waals surface area contributed by atoms with Gasteiger partial charge < -0.3 is 9.47 Å². The van der Waals surface area contributed by atoms with Gasteiger partial charge in [-0.1, -0.05) is 0 Å². The van der Waals surface area contributed by atoms with Crippen LogP contribution in [0, 0.1) is 5.82 Å². The highest BCUT2D eigenvalue weighted by Crippen LogP contribution is 2.30. The Morgan fingerprint density at radius 2 is 2.00 bits per heavy atom. The maximum atomic E-state index is 13.3. The van der Waals surface area contributed by atoms with E-state index in [4.69, 9.17) is 9.47 Å². The van der Waals surface area contributed by atoms with Gasteiger partial charge in [-0.2, -0.15) is 0 Å². The number of halogens is 1. The third-order valence-electron chi connectivity index (χ3n) is 1.77. The number of hydrogen-bond acceptors (Lipinski definition) is 3. The summed E-state index contributed by atoms with van der Waals surface area (Å²) in [6, 6.07) is 2.47. The summed E-state index contributed by atoms with van der Waals surface area (Å²) in [5.74, 6) is 0.0456. The predicted octanol–water partition coefficient (Wildman–Crippen LogP) is 2.43. The van der Waals surface area contributed by atoms with Gasteiger partial charge in [0.25, 0.3) is 0 Å². The SMILES string of the molecule is COc1cc(C=O)c(F)cc1OC(C)C. The molecule has 0 saturated heterocycles. The van der Waals surface area contributed by atoms with Gasteiger partial charge in [-0.05, 0) is 19.9 Å². The Kier molecular flexibility index (Phi) is 3.66. The maximum absolute atomic E-state index is 13.3. The molecule has 0 heterocycles. The van der Waals surface area contributed by atoms with E-state index in [0.29, 0.717) is 17.8 Å². The largest absolute Gasteiger partial charge is 0.493 e. The molecule has 0 aliphatic carbocycles. The Morgan fingerprint density at radius 3 is 2.47 bits per heavy atom. The number of carbonyl (C=O) groups is 1. The van der Waals surface area contributed by atoms with Crippen molar-refractivity contribution >= 4 is 6.29 Å². The fourth-order valence-electron chi connectivity index (χ4n) is 1.15. The number of aldehydes is 1. The summed E-state index contributed by atoms with van der Waals surface area (Å²) in [6.45, 7) is 3.65. The monoisotopic (exact) mass is 212 g/mol. The van der Waals surface area contributed by atoms with Crippen LogP contribution in [0.15, 0.2) is 12.1 Å². The predicted molar refractivity (Wildman–Crippen MR) is 54.1 cm³/mol. The molecule has 1 aromatic carbocycles. The van der Waals surface area contributed by atoms with E-state index in [1.807, 2.05) is 13.8 Å². The van der Waals surface area contributed by atoms with Crippen LogP contribution in [0.1, 0.15) is 24.2 Å². The van der Waals surface area contributed by atoms with Gasteiger partial charge >= 0.3 is 0 Å². The summed E-state index contributed by atoms with van der Waals surface area (Å²) in [4.78, 5) is 10.5. The molecular weight excluding hydrogens is 199 g/mol. The van der Waals surface area contributed by atoms with E-state index >= 15 is 0 Å². The molecule has 0 aliphatic rings. The summed E-state index contributed by atoms with van der Waals surface area (Å²) in [5.41, 5.74) is -0.0389. The van der Waals surface area contributed by atoms with Gasteiger partial charge in [-0.25, -0.2) is 4.39 Å². The normalized spacial score (nSPS) is 10.2. The molecule has 0 N–H and O–H groups in total. The lowest BCUT2D eigenvalue weighted by molar-refractivity contribution is 0.111. The van der Waals surface area contributed by atoms with Crippen molar-refractivity contribution in [3.8, 4) is 11.5 Å². The standard InChI is InChI=1S/C11H13FO3/c1-7(2)15-11-5-9(12)8(6-13)4-10(11)14-3/h4-7H,1-3H3. The zero-order valence-electron chi connectivity index (χ0n) is 8.91. The Hall–Kier alpha value is -1.58. The third kappa shape index (κ3) is 2.68. The highest BCUT2D eigenvalue weighted by Gasteiger charge is 2.12. The number of methoxy groups -OCH3 is 1. The van der Waals surface area contributed by atoms with Crippen molar-refractivity contribution in [1.29, 1.82) is 0 Å². The van der Waals surface area contributed by atoms with Gasteiger partial charge in [0.1, 0.15) is 5.82 Å². The van der Waals surface area contributed by atoms with Crippen LogP contribution in [0.3, 0.4) is 0 Å². The fourth-order valence-corrected chi connectivity index (χ4v) is 1.15. The van der Waals surface area contributed by atoms with Crippen molar-refractivity contribution in [2.45, 2.75) is 20.0 Å². The first-order valence-electron chi connectivity index (χ1n) is 4.57. The molecule has 1 aromatic rings. The highest BCUT2D eigenvalue weighted by atomic mass is 19.1. The van der Waals surface area contributed by atoms with E-state index in [-0.39, 0.29) is 11.7 Å². The molecule has 3 nitrogen and oxygen atoms in total. The summed E-state index contributed by atoms with van der Waals surface area (Å²) in [5, 5.41) is 0.